The van der Waals surface area contributed by atoms with Gasteiger partial charge in [-0.2, -0.15) is 0 Å². The summed E-state index contributed by atoms with van der Waals surface area (Å²) >= 11 is 0. The third-order valence-corrected chi connectivity index (χ3v) is 4.72. The maximum absolute atomic E-state index is 14.7. The molecule has 0 unspecified atom stereocenters. The Bertz CT molecular complexity index is 926. The Balaban J connectivity index is 1.77. The van der Waals surface area contributed by atoms with E-state index in [-0.39, 0.29) is 5.56 Å². The zero-order valence-electron chi connectivity index (χ0n) is 16.2. The Kier molecular flexibility index (Phi) is 6.37. The lowest BCUT2D eigenvalue weighted by molar-refractivity contribution is -0.143. The molecule has 0 spiro atoms. The van der Waals surface area contributed by atoms with Crippen LogP contribution in [-0.4, -0.2) is 40.7 Å². The summed E-state index contributed by atoms with van der Waals surface area (Å²) in [5.74, 6) is -4.81. The van der Waals surface area contributed by atoms with Gasteiger partial charge in [0.05, 0.1) is 13.1 Å². The van der Waals surface area contributed by atoms with Crippen LogP contribution < -0.4 is 0 Å². The summed E-state index contributed by atoms with van der Waals surface area (Å²) in [6.45, 7) is -0.191. The van der Waals surface area contributed by atoms with Gasteiger partial charge < -0.3 is 0 Å². The van der Waals surface area contributed by atoms with Crippen molar-refractivity contribution in [1.82, 2.24) is 9.80 Å². The zero-order chi connectivity index (χ0) is 22.9. The molecule has 1 aliphatic rings. The first-order valence-corrected chi connectivity index (χ1v) is 9.21. The first-order chi connectivity index (χ1) is 14.5. The van der Waals surface area contributed by atoms with E-state index in [0.717, 1.165) is 6.07 Å². The molecule has 1 fully saturated rings. The topological polar surface area (TPSA) is 57.7 Å². The highest BCUT2D eigenvalue weighted by atomic mass is 19.1. The number of amides is 4. The molecular weight excluding hydrogens is 423 g/mol. The number of benzene rings is 2. The molecule has 0 aromatic heterocycles. The van der Waals surface area contributed by atoms with Crippen molar-refractivity contribution in [1.29, 1.82) is 0 Å². The fourth-order valence-corrected chi connectivity index (χ4v) is 3.27. The predicted octanol–water partition coefficient (Wildman–Crippen LogP) is 4.31. The number of halogens is 5. The fourth-order valence-electron chi connectivity index (χ4n) is 3.27. The van der Waals surface area contributed by atoms with Crippen LogP contribution in [0.4, 0.5) is 26.7 Å². The maximum atomic E-state index is 14.7. The highest BCUT2D eigenvalue weighted by Crippen LogP contribution is 2.26. The monoisotopic (exact) mass is 440 g/mol. The van der Waals surface area contributed by atoms with E-state index in [2.05, 4.69) is 0 Å². The summed E-state index contributed by atoms with van der Waals surface area (Å²) in [6, 6.07) is 4.10. The number of alkyl halides is 2. The Hall–Kier alpha value is -3.30. The molecule has 2 aromatic carbocycles. The van der Waals surface area contributed by atoms with Gasteiger partial charge in [-0.05, 0) is 47.9 Å². The highest BCUT2D eigenvalue weighted by Gasteiger charge is 2.40. The van der Waals surface area contributed by atoms with Gasteiger partial charge in [0.2, 0.25) is 11.8 Å². The minimum atomic E-state index is -2.14. The van der Waals surface area contributed by atoms with Crippen molar-refractivity contribution >= 4 is 17.8 Å². The number of carbonyl (C=O) groups is 3. The normalized spacial score (nSPS) is 16.6. The van der Waals surface area contributed by atoms with Crippen molar-refractivity contribution in [3.05, 3.63) is 70.5 Å². The number of carbonyl (C=O) groups excluding carboxylic acids is 3. The first kappa shape index (κ1) is 22.4. The fraction of sp³-hybridized carbons (Fsp3) is 0.286. The molecule has 0 saturated carbocycles. The Morgan fingerprint density at radius 3 is 1.61 bits per heavy atom. The third-order valence-electron chi connectivity index (χ3n) is 4.72. The molecule has 2 atom stereocenters. The van der Waals surface area contributed by atoms with E-state index in [1.54, 1.807) is 0 Å². The van der Waals surface area contributed by atoms with Crippen LogP contribution in [0.25, 0.3) is 0 Å². The molecule has 2 aromatic rings. The average molecular weight is 440 g/mol. The van der Waals surface area contributed by atoms with Gasteiger partial charge in [0.25, 0.3) is 0 Å². The van der Waals surface area contributed by atoms with E-state index < -0.39 is 72.7 Å². The number of hydrogen-bond donors (Lipinski definition) is 0. The number of barbiturate groups is 1. The van der Waals surface area contributed by atoms with Gasteiger partial charge in [0, 0.05) is 6.07 Å². The largest absolute Gasteiger partial charge is 0.333 e. The van der Waals surface area contributed by atoms with Crippen molar-refractivity contribution in [3.8, 4) is 0 Å². The first-order valence-electron chi connectivity index (χ1n) is 9.21. The van der Waals surface area contributed by atoms with Gasteiger partial charge >= 0.3 is 6.03 Å². The summed E-state index contributed by atoms with van der Waals surface area (Å²) < 4.78 is 69.4. The van der Waals surface area contributed by atoms with Crippen molar-refractivity contribution < 1.29 is 36.3 Å². The smallest absolute Gasteiger partial charge is 0.274 e. The lowest BCUT2D eigenvalue weighted by Crippen LogP contribution is -2.56. The summed E-state index contributed by atoms with van der Waals surface area (Å²) in [7, 11) is 0. The number of nitrogens with zero attached hydrogens (tertiary/aromatic N) is 2. The number of hydrogen-bond acceptors (Lipinski definition) is 3. The molecule has 0 bridgehead atoms. The summed E-state index contributed by atoms with van der Waals surface area (Å²) in [6.07, 6.45) is -4.90. The van der Waals surface area contributed by atoms with Crippen LogP contribution in [0, 0.1) is 24.4 Å². The van der Waals surface area contributed by atoms with Gasteiger partial charge in [0.15, 0.2) is 0 Å². The van der Waals surface area contributed by atoms with Crippen molar-refractivity contribution in [2.24, 2.45) is 0 Å². The SMILES string of the molecule is Cc1cc(F)cc([C@@H](F)CN2C(=O)CC(=O)N(C[C@H](F)c3cc(F)cc(F)c3)C2=O)c1. The average Bonchev–Trinajstić information content (AvgIpc) is 2.66. The van der Waals surface area contributed by atoms with Crippen LogP contribution in [0.2, 0.25) is 0 Å². The van der Waals surface area contributed by atoms with Crippen molar-refractivity contribution in [2.45, 2.75) is 25.7 Å². The van der Waals surface area contributed by atoms with E-state index >= 15 is 0 Å². The second-order valence-corrected chi connectivity index (χ2v) is 7.17. The third kappa shape index (κ3) is 5.07. The minimum absolute atomic E-state index is 0.111. The molecule has 1 aliphatic heterocycles. The van der Waals surface area contributed by atoms with Crippen LogP contribution in [-0.2, 0) is 9.59 Å². The van der Waals surface area contributed by atoms with Gasteiger partial charge in [-0.1, -0.05) is 6.07 Å². The molecule has 0 radical (unpaired) electrons. The Labute approximate surface area is 174 Å². The molecule has 5 nitrogen and oxygen atoms in total. The summed E-state index contributed by atoms with van der Waals surface area (Å²) in [4.78, 5) is 37.7. The predicted molar refractivity (Wildman–Crippen MR) is 98.6 cm³/mol. The minimum Gasteiger partial charge on any atom is -0.274 e. The highest BCUT2D eigenvalue weighted by molar-refractivity contribution is 6.14. The molecule has 10 heteroatoms. The van der Waals surface area contributed by atoms with Crippen LogP contribution in [0.1, 0.15) is 35.5 Å². The van der Waals surface area contributed by atoms with E-state index in [9.17, 15) is 36.3 Å². The quantitative estimate of drug-likeness (QED) is 0.497. The summed E-state index contributed by atoms with van der Waals surface area (Å²) in [5.41, 5.74) is -0.131. The maximum Gasteiger partial charge on any atom is 0.333 e. The van der Waals surface area contributed by atoms with Gasteiger partial charge in [0.1, 0.15) is 36.2 Å². The Morgan fingerprint density at radius 1 is 0.742 bits per heavy atom. The standard InChI is InChI=1S/C21H17F5N2O3/c1-11-2-12(4-14(22)3-11)17(25)9-27-19(29)8-20(30)28(21(27)31)10-18(26)13-5-15(23)7-16(24)6-13/h2-7,17-18H,8-10H2,1H3/t17-,18-/m0/s1. The van der Waals surface area contributed by atoms with Gasteiger partial charge in [-0.25, -0.2) is 26.7 Å². The number of rotatable bonds is 6. The van der Waals surface area contributed by atoms with Gasteiger partial charge in [-0.15, -0.1) is 0 Å². The molecular formula is C21H17F5N2O3. The second-order valence-electron chi connectivity index (χ2n) is 7.17. The molecule has 31 heavy (non-hydrogen) atoms. The van der Waals surface area contributed by atoms with Crippen molar-refractivity contribution in [3.63, 3.8) is 0 Å². The molecule has 4 amide bonds. The summed E-state index contributed by atoms with van der Waals surface area (Å²) in [5, 5.41) is 0. The molecule has 1 saturated heterocycles. The second kappa shape index (κ2) is 8.83. The number of aryl methyl sites for hydroxylation is 1. The van der Waals surface area contributed by atoms with Crippen molar-refractivity contribution in [2.75, 3.05) is 13.1 Å². The van der Waals surface area contributed by atoms with Crippen LogP contribution >= 0.6 is 0 Å². The van der Waals surface area contributed by atoms with E-state index in [0.29, 0.717) is 33.6 Å². The molecule has 164 valence electrons. The van der Waals surface area contributed by atoms with E-state index in [1.165, 1.54) is 19.1 Å². The van der Waals surface area contributed by atoms with Crippen LogP contribution in [0.3, 0.4) is 0 Å². The van der Waals surface area contributed by atoms with Crippen LogP contribution in [0.15, 0.2) is 36.4 Å². The van der Waals surface area contributed by atoms with Crippen LogP contribution in [0.5, 0.6) is 0 Å². The number of imide groups is 2. The molecule has 3 rings (SSSR count). The zero-order valence-corrected chi connectivity index (χ0v) is 16.2. The lowest BCUT2D eigenvalue weighted by Gasteiger charge is -2.34. The lowest BCUT2D eigenvalue weighted by atomic mass is 10.1. The molecule has 0 aliphatic carbocycles. The molecule has 0 N–H and O–H groups in total. The Morgan fingerprint density at radius 2 is 1.16 bits per heavy atom. The molecule has 1 heterocycles. The van der Waals surface area contributed by atoms with E-state index in [4.69, 9.17) is 0 Å². The van der Waals surface area contributed by atoms with E-state index in [1.807, 2.05) is 0 Å². The van der Waals surface area contributed by atoms with Gasteiger partial charge in [-0.3, -0.25) is 19.4 Å². The number of urea groups is 1.